The van der Waals surface area contributed by atoms with Gasteiger partial charge in [-0.15, -0.1) is 0 Å². The molecular formula is C21H19N3O2. The van der Waals surface area contributed by atoms with Crippen LogP contribution in [0, 0.1) is 6.92 Å². The third-order valence-corrected chi connectivity index (χ3v) is 3.97. The molecule has 0 spiro atoms. The van der Waals surface area contributed by atoms with Crippen LogP contribution in [0.15, 0.2) is 73.1 Å². The first-order chi connectivity index (χ1) is 12.6. The average molecular weight is 345 g/mol. The van der Waals surface area contributed by atoms with Gasteiger partial charge in [0.05, 0.1) is 0 Å². The first-order valence-corrected chi connectivity index (χ1v) is 8.27. The maximum Gasteiger partial charge on any atom is 0.255 e. The van der Waals surface area contributed by atoms with Gasteiger partial charge in [-0.25, -0.2) is 0 Å². The molecule has 26 heavy (non-hydrogen) atoms. The van der Waals surface area contributed by atoms with Crippen molar-refractivity contribution in [2.24, 2.45) is 0 Å². The molecule has 1 heterocycles. The number of carbonyl (C=O) groups is 2. The van der Waals surface area contributed by atoms with Gasteiger partial charge in [-0.1, -0.05) is 24.3 Å². The standard InChI is InChI=1S/C21H19N3O2/c1-15-5-2-3-7-19(15)21(26)24-18-10-8-17(9-11-18)20(25)23-14-16-6-4-12-22-13-16/h2-13H,14H2,1H3,(H,23,25)(H,24,26). The summed E-state index contributed by atoms with van der Waals surface area (Å²) in [6.45, 7) is 2.31. The van der Waals surface area contributed by atoms with Crippen molar-refractivity contribution in [3.05, 3.63) is 95.3 Å². The Morgan fingerprint density at radius 3 is 2.38 bits per heavy atom. The van der Waals surface area contributed by atoms with E-state index in [9.17, 15) is 9.59 Å². The molecule has 0 fully saturated rings. The second-order valence-corrected chi connectivity index (χ2v) is 5.89. The zero-order valence-electron chi connectivity index (χ0n) is 14.4. The lowest BCUT2D eigenvalue weighted by Crippen LogP contribution is -2.22. The van der Waals surface area contributed by atoms with Gasteiger partial charge in [0.15, 0.2) is 0 Å². The summed E-state index contributed by atoms with van der Waals surface area (Å²) in [6.07, 6.45) is 3.40. The molecule has 0 aliphatic carbocycles. The highest BCUT2D eigenvalue weighted by molar-refractivity contribution is 6.05. The lowest BCUT2D eigenvalue weighted by Gasteiger charge is -2.09. The Morgan fingerprint density at radius 2 is 1.69 bits per heavy atom. The molecule has 130 valence electrons. The van der Waals surface area contributed by atoms with E-state index in [1.807, 2.05) is 37.3 Å². The van der Waals surface area contributed by atoms with E-state index < -0.39 is 0 Å². The largest absolute Gasteiger partial charge is 0.348 e. The molecule has 0 saturated carbocycles. The minimum Gasteiger partial charge on any atom is -0.348 e. The first-order valence-electron chi connectivity index (χ1n) is 8.27. The maximum absolute atomic E-state index is 12.3. The summed E-state index contributed by atoms with van der Waals surface area (Å²) < 4.78 is 0. The van der Waals surface area contributed by atoms with E-state index in [1.54, 1.807) is 42.7 Å². The SMILES string of the molecule is Cc1ccccc1C(=O)Nc1ccc(C(=O)NCc2cccnc2)cc1. The predicted octanol–water partition coefficient (Wildman–Crippen LogP) is 3.57. The van der Waals surface area contributed by atoms with E-state index in [0.717, 1.165) is 11.1 Å². The van der Waals surface area contributed by atoms with Crippen molar-refractivity contribution in [1.29, 1.82) is 0 Å². The van der Waals surface area contributed by atoms with Crippen molar-refractivity contribution in [2.75, 3.05) is 5.32 Å². The predicted molar refractivity (Wildman–Crippen MR) is 101 cm³/mol. The van der Waals surface area contributed by atoms with E-state index in [-0.39, 0.29) is 11.8 Å². The number of rotatable bonds is 5. The van der Waals surface area contributed by atoms with Crippen molar-refractivity contribution in [1.82, 2.24) is 10.3 Å². The molecule has 2 N–H and O–H groups in total. The minimum atomic E-state index is -0.175. The van der Waals surface area contributed by atoms with Crippen molar-refractivity contribution < 1.29 is 9.59 Å². The highest BCUT2D eigenvalue weighted by Crippen LogP contribution is 2.13. The number of nitrogens with zero attached hydrogens (tertiary/aromatic N) is 1. The smallest absolute Gasteiger partial charge is 0.255 e. The topological polar surface area (TPSA) is 71.1 Å². The van der Waals surface area contributed by atoms with Gasteiger partial charge in [0.2, 0.25) is 0 Å². The Balaban J connectivity index is 1.60. The van der Waals surface area contributed by atoms with Crippen molar-refractivity contribution in [2.45, 2.75) is 13.5 Å². The average Bonchev–Trinajstić information content (AvgIpc) is 2.68. The molecule has 0 atom stereocenters. The molecule has 5 nitrogen and oxygen atoms in total. The minimum absolute atomic E-state index is 0.170. The summed E-state index contributed by atoms with van der Waals surface area (Å²) in [5, 5.41) is 5.69. The van der Waals surface area contributed by atoms with Gasteiger partial charge in [0.1, 0.15) is 0 Å². The van der Waals surface area contributed by atoms with Crippen LogP contribution < -0.4 is 10.6 Å². The van der Waals surface area contributed by atoms with Gasteiger partial charge >= 0.3 is 0 Å². The lowest BCUT2D eigenvalue weighted by atomic mass is 10.1. The molecule has 0 unspecified atom stereocenters. The first kappa shape index (κ1) is 17.4. The molecule has 5 heteroatoms. The fourth-order valence-electron chi connectivity index (χ4n) is 2.52. The van der Waals surface area contributed by atoms with E-state index in [0.29, 0.717) is 23.4 Å². The lowest BCUT2D eigenvalue weighted by molar-refractivity contribution is 0.0950. The van der Waals surface area contributed by atoms with Crippen LogP contribution in [-0.2, 0) is 6.54 Å². The van der Waals surface area contributed by atoms with Crippen LogP contribution in [0.25, 0.3) is 0 Å². The van der Waals surface area contributed by atoms with Crippen LogP contribution in [0.3, 0.4) is 0 Å². The molecule has 0 aliphatic heterocycles. The Kier molecular flexibility index (Phi) is 5.39. The van der Waals surface area contributed by atoms with Crippen LogP contribution >= 0.6 is 0 Å². The fraction of sp³-hybridized carbons (Fsp3) is 0.0952. The number of amides is 2. The number of aryl methyl sites for hydroxylation is 1. The summed E-state index contributed by atoms with van der Waals surface area (Å²) in [6, 6.07) is 17.9. The van der Waals surface area contributed by atoms with Crippen LogP contribution in [0.2, 0.25) is 0 Å². The number of carbonyl (C=O) groups excluding carboxylic acids is 2. The van der Waals surface area contributed by atoms with Gasteiger partial charge in [-0.2, -0.15) is 0 Å². The normalized spacial score (nSPS) is 10.2. The van der Waals surface area contributed by atoms with E-state index in [2.05, 4.69) is 15.6 Å². The number of anilines is 1. The summed E-state index contributed by atoms with van der Waals surface area (Å²) in [5.41, 5.74) is 3.65. The van der Waals surface area contributed by atoms with Crippen LogP contribution in [0.5, 0.6) is 0 Å². The quantitative estimate of drug-likeness (QED) is 0.742. The molecule has 3 rings (SSSR count). The molecular weight excluding hydrogens is 326 g/mol. The Labute approximate surface area is 152 Å². The molecule has 0 radical (unpaired) electrons. The van der Waals surface area contributed by atoms with Gasteiger partial charge < -0.3 is 10.6 Å². The summed E-state index contributed by atoms with van der Waals surface area (Å²) in [5.74, 6) is -0.345. The highest BCUT2D eigenvalue weighted by atomic mass is 16.2. The zero-order chi connectivity index (χ0) is 18.4. The summed E-state index contributed by atoms with van der Waals surface area (Å²) in [4.78, 5) is 28.5. The third kappa shape index (κ3) is 4.33. The van der Waals surface area contributed by atoms with Crippen molar-refractivity contribution in [3.8, 4) is 0 Å². The van der Waals surface area contributed by atoms with Crippen molar-refractivity contribution >= 4 is 17.5 Å². The molecule has 0 bridgehead atoms. The number of hydrogen-bond acceptors (Lipinski definition) is 3. The number of pyridine rings is 1. The Hall–Kier alpha value is -3.47. The molecule has 0 saturated heterocycles. The number of benzene rings is 2. The van der Waals surface area contributed by atoms with Gasteiger partial charge in [0.25, 0.3) is 11.8 Å². The second-order valence-electron chi connectivity index (χ2n) is 5.89. The number of aromatic nitrogens is 1. The number of nitrogens with one attached hydrogen (secondary N) is 2. The molecule has 2 aromatic carbocycles. The molecule has 0 aliphatic rings. The van der Waals surface area contributed by atoms with Crippen LogP contribution in [0.1, 0.15) is 31.8 Å². The number of hydrogen-bond donors (Lipinski definition) is 2. The Morgan fingerprint density at radius 1 is 0.923 bits per heavy atom. The zero-order valence-corrected chi connectivity index (χ0v) is 14.4. The van der Waals surface area contributed by atoms with Gasteiger partial charge in [-0.05, 0) is 54.4 Å². The van der Waals surface area contributed by atoms with Crippen molar-refractivity contribution in [3.63, 3.8) is 0 Å². The van der Waals surface area contributed by atoms with E-state index in [1.165, 1.54) is 0 Å². The van der Waals surface area contributed by atoms with Gasteiger partial charge in [0, 0.05) is 35.8 Å². The molecule has 2 amide bonds. The van der Waals surface area contributed by atoms with Crippen LogP contribution in [-0.4, -0.2) is 16.8 Å². The molecule has 1 aromatic heterocycles. The van der Waals surface area contributed by atoms with Gasteiger partial charge in [-0.3, -0.25) is 14.6 Å². The highest BCUT2D eigenvalue weighted by Gasteiger charge is 2.10. The van der Waals surface area contributed by atoms with E-state index >= 15 is 0 Å². The third-order valence-electron chi connectivity index (χ3n) is 3.97. The summed E-state index contributed by atoms with van der Waals surface area (Å²) in [7, 11) is 0. The van der Waals surface area contributed by atoms with Crippen LogP contribution in [0.4, 0.5) is 5.69 Å². The van der Waals surface area contributed by atoms with E-state index in [4.69, 9.17) is 0 Å². The second kappa shape index (κ2) is 8.07. The summed E-state index contributed by atoms with van der Waals surface area (Å²) >= 11 is 0. The Bertz CT molecular complexity index is 906. The monoisotopic (exact) mass is 345 g/mol. The maximum atomic E-state index is 12.3. The fourth-order valence-corrected chi connectivity index (χ4v) is 2.52. The molecule has 3 aromatic rings.